The molecule has 0 aliphatic heterocycles. The molecule has 0 bridgehead atoms. The first kappa shape index (κ1) is 11.2. The Labute approximate surface area is 72.8 Å². The van der Waals surface area contributed by atoms with Crippen molar-refractivity contribution in [1.82, 2.24) is 5.43 Å². The van der Waals surface area contributed by atoms with Gasteiger partial charge in [-0.1, -0.05) is 13.8 Å². The lowest BCUT2D eigenvalue weighted by Gasteiger charge is -2.12. The number of hydrazine groups is 1. The van der Waals surface area contributed by atoms with Gasteiger partial charge in [-0.05, 0) is 12.3 Å². The number of nitrogens with one attached hydrogen (secondary N) is 1. The molecule has 12 heavy (non-hydrogen) atoms. The lowest BCUT2D eigenvalue weighted by Crippen LogP contribution is -2.38. The van der Waals surface area contributed by atoms with E-state index in [1.165, 1.54) is 0 Å². The van der Waals surface area contributed by atoms with Crippen molar-refractivity contribution in [3.8, 4) is 0 Å². The Morgan fingerprint density at radius 2 is 2.17 bits per heavy atom. The summed E-state index contributed by atoms with van der Waals surface area (Å²) in [6, 6.07) is -0.152. The average Bonchev–Trinajstić information content (AvgIpc) is 2.02. The monoisotopic (exact) mass is 174 g/mol. The van der Waals surface area contributed by atoms with Crippen LogP contribution >= 0.6 is 0 Å². The van der Waals surface area contributed by atoms with Crippen LogP contribution in [0.15, 0.2) is 4.99 Å². The van der Waals surface area contributed by atoms with Gasteiger partial charge in [0.15, 0.2) is 0 Å². The van der Waals surface area contributed by atoms with Crippen LogP contribution in [0.5, 0.6) is 0 Å². The molecule has 6 N–H and O–H groups in total. The second-order valence-corrected chi connectivity index (χ2v) is 3.12. The van der Waals surface area contributed by atoms with Crippen molar-refractivity contribution in [2.75, 3.05) is 6.61 Å². The van der Waals surface area contributed by atoms with Crippen molar-refractivity contribution in [3.05, 3.63) is 0 Å². The number of aliphatic hydroxyl groups is 1. The molecule has 5 heteroatoms. The Morgan fingerprint density at radius 1 is 1.58 bits per heavy atom. The second-order valence-electron chi connectivity index (χ2n) is 3.12. The van der Waals surface area contributed by atoms with E-state index in [-0.39, 0.29) is 18.6 Å². The molecule has 1 atom stereocenters. The quantitative estimate of drug-likeness (QED) is 0.193. The van der Waals surface area contributed by atoms with Crippen LogP contribution in [-0.4, -0.2) is 23.7 Å². The molecule has 0 aliphatic rings. The molecular weight excluding hydrogens is 156 g/mol. The zero-order valence-electron chi connectivity index (χ0n) is 7.62. The molecule has 0 fully saturated rings. The first-order valence-corrected chi connectivity index (χ1v) is 4.00. The molecule has 0 saturated heterocycles. The number of hydrogen-bond acceptors (Lipinski definition) is 3. The standard InChI is InChI=1S/C7H18N4O/c1-5(2)3-6(4-12)10-7(8)11-9/h5-6,12H,3-4,9H2,1-2H3,(H3,8,10,11). The minimum absolute atomic E-state index is 0.000556. The Balaban J connectivity index is 3.98. The van der Waals surface area contributed by atoms with Gasteiger partial charge in [0, 0.05) is 0 Å². The third-order valence-corrected chi connectivity index (χ3v) is 1.42. The fraction of sp³-hybridized carbons (Fsp3) is 0.857. The zero-order chi connectivity index (χ0) is 9.56. The third kappa shape index (κ3) is 4.92. The van der Waals surface area contributed by atoms with Crippen LogP contribution in [0.25, 0.3) is 0 Å². The van der Waals surface area contributed by atoms with Crippen LogP contribution < -0.4 is 17.0 Å². The Bertz CT molecular complexity index is 146. The average molecular weight is 174 g/mol. The van der Waals surface area contributed by atoms with E-state index in [2.05, 4.69) is 24.3 Å². The van der Waals surface area contributed by atoms with Crippen LogP contribution in [-0.2, 0) is 0 Å². The molecule has 0 amide bonds. The highest BCUT2D eigenvalue weighted by Crippen LogP contribution is 2.06. The highest BCUT2D eigenvalue weighted by atomic mass is 16.3. The number of nitrogens with two attached hydrogens (primary N) is 2. The molecule has 0 aromatic carbocycles. The zero-order valence-corrected chi connectivity index (χ0v) is 7.62. The molecule has 1 unspecified atom stereocenters. The minimum atomic E-state index is -0.152. The summed E-state index contributed by atoms with van der Waals surface area (Å²) in [5, 5.41) is 8.89. The van der Waals surface area contributed by atoms with Gasteiger partial charge in [-0.25, -0.2) is 10.8 Å². The first-order chi connectivity index (χ1) is 5.60. The van der Waals surface area contributed by atoms with Crippen LogP contribution in [0.1, 0.15) is 20.3 Å². The van der Waals surface area contributed by atoms with E-state index in [0.717, 1.165) is 6.42 Å². The normalized spacial score (nSPS) is 14.9. The van der Waals surface area contributed by atoms with Gasteiger partial charge in [-0.3, -0.25) is 5.43 Å². The summed E-state index contributed by atoms with van der Waals surface area (Å²) in [6.45, 7) is 4.12. The van der Waals surface area contributed by atoms with Gasteiger partial charge in [0.1, 0.15) is 0 Å². The van der Waals surface area contributed by atoms with Crippen LogP contribution in [0.4, 0.5) is 0 Å². The van der Waals surface area contributed by atoms with Crippen molar-refractivity contribution in [3.63, 3.8) is 0 Å². The van der Waals surface area contributed by atoms with E-state index < -0.39 is 0 Å². The van der Waals surface area contributed by atoms with Gasteiger partial charge >= 0.3 is 0 Å². The summed E-state index contributed by atoms with van der Waals surface area (Å²) in [7, 11) is 0. The molecule has 0 aliphatic carbocycles. The third-order valence-electron chi connectivity index (χ3n) is 1.42. The van der Waals surface area contributed by atoms with Crippen LogP contribution in [0, 0.1) is 5.92 Å². The van der Waals surface area contributed by atoms with Crippen LogP contribution in [0.3, 0.4) is 0 Å². The predicted octanol–water partition coefficient (Wildman–Crippen LogP) is -0.829. The molecular formula is C7H18N4O. The highest BCUT2D eigenvalue weighted by molar-refractivity contribution is 5.77. The summed E-state index contributed by atoms with van der Waals surface area (Å²) in [5.41, 5.74) is 7.55. The summed E-state index contributed by atoms with van der Waals surface area (Å²) in [4.78, 5) is 3.96. The SMILES string of the molecule is CC(C)CC(CO)N=C(N)NN. The number of guanidine groups is 1. The number of rotatable bonds is 4. The number of aliphatic hydroxyl groups excluding tert-OH is 1. The van der Waals surface area contributed by atoms with E-state index in [9.17, 15) is 0 Å². The highest BCUT2D eigenvalue weighted by Gasteiger charge is 2.07. The van der Waals surface area contributed by atoms with Crippen molar-refractivity contribution >= 4 is 5.96 Å². The molecule has 5 nitrogen and oxygen atoms in total. The Kier molecular flexibility index (Phi) is 5.40. The van der Waals surface area contributed by atoms with Crippen molar-refractivity contribution in [2.45, 2.75) is 26.3 Å². The van der Waals surface area contributed by atoms with E-state index in [4.69, 9.17) is 16.7 Å². The summed E-state index contributed by atoms with van der Waals surface area (Å²) in [6.07, 6.45) is 0.804. The summed E-state index contributed by atoms with van der Waals surface area (Å²) in [5.74, 6) is 5.66. The van der Waals surface area contributed by atoms with Crippen LogP contribution in [0.2, 0.25) is 0 Å². The Hall–Kier alpha value is -0.810. The minimum Gasteiger partial charge on any atom is -0.394 e. The summed E-state index contributed by atoms with van der Waals surface area (Å²) < 4.78 is 0. The fourth-order valence-corrected chi connectivity index (χ4v) is 0.946. The van der Waals surface area contributed by atoms with Crippen molar-refractivity contribution in [2.24, 2.45) is 22.5 Å². The van der Waals surface area contributed by atoms with Gasteiger partial charge in [0.2, 0.25) is 5.96 Å². The lowest BCUT2D eigenvalue weighted by atomic mass is 10.1. The van der Waals surface area contributed by atoms with Crippen molar-refractivity contribution in [1.29, 1.82) is 0 Å². The molecule has 0 aromatic rings. The summed E-state index contributed by atoms with van der Waals surface area (Å²) >= 11 is 0. The van der Waals surface area contributed by atoms with Gasteiger partial charge in [-0.15, -0.1) is 0 Å². The maximum Gasteiger partial charge on any atom is 0.203 e. The number of hydrogen-bond donors (Lipinski definition) is 4. The van der Waals surface area contributed by atoms with Gasteiger partial charge in [0.05, 0.1) is 12.6 Å². The van der Waals surface area contributed by atoms with E-state index >= 15 is 0 Å². The molecule has 0 radical (unpaired) electrons. The fourth-order valence-electron chi connectivity index (χ4n) is 0.946. The number of nitrogens with zero attached hydrogens (tertiary/aromatic N) is 1. The van der Waals surface area contributed by atoms with E-state index in [0.29, 0.717) is 5.92 Å². The maximum absolute atomic E-state index is 8.89. The molecule has 0 heterocycles. The van der Waals surface area contributed by atoms with Gasteiger partial charge < -0.3 is 10.8 Å². The first-order valence-electron chi connectivity index (χ1n) is 4.00. The van der Waals surface area contributed by atoms with Gasteiger partial charge in [0.25, 0.3) is 0 Å². The molecule has 0 saturated carbocycles. The second kappa shape index (κ2) is 5.79. The topological polar surface area (TPSA) is 96.7 Å². The molecule has 0 aromatic heterocycles. The molecule has 0 spiro atoms. The van der Waals surface area contributed by atoms with E-state index in [1.54, 1.807) is 0 Å². The lowest BCUT2D eigenvalue weighted by molar-refractivity contribution is 0.250. The maximum atomic E-state index is 8.89. The molecule has 0 rings (SSSR count). The molecule has 72 valence electrons. The largest absolute Gasteiger partial charge is 0.394 e. The van der Waals surface area contributed by atoms with Crippen molar-refractivity contribution < 1.29 is 5.11 Å². The predicted molar refractivity (Wildman–Crippen MR) is 49.3 cm³/mol. The smallest absolute Gasteiger partial charge is 0.203 e. The number of aliphatic imine (C=N–C) groups is 1. The van der Waals surface area contributed by atoms with E-state index in [1.807, 2.05) is 0 Å². The Morgan fingerprint density at radius 3 is 2.50 bits per heavy atom. The van der Waals surface area contributed by atoms with Gasteiger partial charge in [-0.2, -0.15) is 0 Å².